The van der Waals surface area contributed by atoms with E-state index in [1.165, 1.54) is 6.92 Å². The molecule has 6 atom stereocenters. The van der Waals surface area contributed by atoms with Gasteiger partial charge in [0, 0.05) is 33.7 Å². The highest BCUT2D eigenvalue weighted by molar-refractivity contribution is 7.99. The second-order valence-corrected chi connectivity index (χ2v) is 9.03. The number of benzene rings is 1. The normalized spacial score (nSPS) is 35.9. The molecule has 0 unspecified atom stereocenters. The van der Waals surface area contributed by atoms with E-state index in [1.54, 1.807) is 0 Å². The van der Waals surface area contributed by atoms with Crippen LogP contribution in [0.15, 0.2) is 23.3 Å². The minimum absolute atomic E-state index is 0.0115. The number of nitrogens with zero attached hydrogens (tertiary/aromatic N) is 5. The van der Waals surface area contributed by atoms with Crippen LogP contribution in [0.2, 0.25) is 0 Å². The Bertz CT molecular complexity index is 1650. The van der Waals surface area contributed by atoms with Gasteiger partial charge in [-0.15, -0.1) is 5.10 Å². The van der Waals surface area contributed by atoms with Crippen LogP contribution in [-0.2, 0) is 4.74 Å². The van der Waals surface area contributed by atoms with Gasteiger partial charge in [0.1, 0.15) is 18.0 Å². The van der Waals surface area contributed by atoms with Crippen molar-refractivity contribution in [3.63, 3.8) is 0 Å². The van der Waals surface area contributed by atoms with E-state index in [0.29, 0.717) is 11.8 Å². The molecule has 0 aliphatic heterocycles. The number of hydrogen-bond donors (Lipinski definition) is 4. The Hall–Kier alpha value is -2.38. The van der Waals surface area contributed by atoms with Crippen molar-refractivity contribution in [2.75, 3.05) is 24.2 Å². The van der Waals surface area contributed by atoms with Gasteiger partial charge in [0.15, 0.2) is 22.1 Å². The Kier molecular flexibility index (Phi) is 4.62. The van der Waals surface area contributed by atoms with Crippen LogP contribution in [0, 0.1) is 12.7 Å². The number of thioether (sulfide) groups is 1. The Labute approximate surface area is 226 Å². The highest BCUT2D eigenvalue weighted by atomic mass is 32.2. The Morgan fingerprint density at radius 3 is 3.00 bits per heavy atom. The standard InChI is InChI=1S/C24H31FN6O4S/c1-3-8-36-24-27-22(26-16-10-14(16)13-5-4-12(2)15(25)9-13)19-23(28-24)31(30-29-19)17-11-18(35-7-6-32)21(34)20(17)33/h4-5,9,14,16-18,20-21,32-34H,3,6-8,10-11H2,1-2H3,(H,26,27,28)/t14-,16+,17+,18-,20-,21+/m0/s1/i3D2,4D,5D,8D2,9D,10D2,14D. The van der Waals surface area contributed by atoms with Crippen molar-refractivity contribution in [1.82, 2.24) is 25.0 Å². The molecular weight excluding hydrogens is 487 g/mol. The summed E-state index contributed by atoms with van der Waals surface area (Å²) >= 11 is 0.291. The first-order valence-electron chi connectivity index (χ1n) is 16.1. The highest BCUT2D eigenvalue weighted by Crippen LogP contribution is 2.44. The molecule has 0 saturated heterocycles. The van der Waals surface area contributed by atoms with Crippen LogP contribution >= 0.6 is 11.8 Å². The molecule has 10 nitrogen and oxygen atoms in total. The molecule has 2 heterocycles. The molecule has 5 rings (SSSR count). The summed E-state index contributed by atoms with van der Waals surface area (Å²) in [6.45, 7) is 1.76. The number of rotatable bonds is 10. The number of aliphatic hydroxyl groups excluding tert-OH is 3. The average molecular weight is 529 g/mol. The molecule has 2 aliphatic carbocycles. The first-order chi connectivity index (χ1) is 21.2. The van der Waals surface area contributed by atoms with Gasteiger partial charge in [-0.3, -0.25) is 0 Å². The predicted molar refractivity (Wildman–Crippen MR) is 133 cm³/mol. The maximum atomic E-state index is 14.8. The van der Waals surface area contributed by atoms with Crippen LogP contribution < -0.4 is 5.32 Å². The third kappa shape index (κ3) is 4.92. The second-order valence-electron chi connectivity index (χ2n) is 8.26. The van der Waals surface area contributed by atoms with Gasteiger partial charge in [-0.25, -0.2) is 19.0 Å². The van der Waals surface area contributed by atoms with E-state index in [4.69, 9.17) is 23.6 Å². The molecule has 0 amide bonds. The minimum atomic E-state index is -2.60. The lowest BCUT2D eigenvalue weighted by Gasteiger charge is -2.17. The number of aliphatic hydroxyl groups is 3. The van der Waals surface area contributed by atoms with Crippen molar-refractivity contribution in [2.45, 2.75) is 74.5 Å². The topological polar surface area (TPSA) is 138 Å². The summed E-state index contributed by atoms with van der Waals surface area (Å²) in [7, 11) is 0. The number of nitrogens with one attached hydrogen (secondary N) is 1. The van der Waals surface area contributed by atoms with Crippen molar-refractivity contribution < 1.29 is 38.2 Å². The van der Waals surface area contributed by atoms with Gasteiger partial charge in [0.2, 0.25) is 0 Å². The molecule has 2 aliphatic rings. The fraction of sp³-hybridized carbons (Fsp3) is 0.583. The third-order valence-corrected chi connectivity index (χ3v) is 6.55. The molecule has 2 fully saturated rings. The zero-order chi connectivity index (χ0) is 34.3. The van der Waals surface area contributed by atoms with Crippen LogP contribution in [0.4, 0.5) is 10.2 Å². The predicted octanol–water partition coefficient (Wildman–Crippen LogP) is 2.18. The number of ether oxygens (including phenoxy) is 1. The number of halogens is 1. The van der Waals surface area contributed by atoms with Gasteiger partial charge in [-0.2, -0.15) is 0 Å². The van der Waals surface area contributed by atoms with E-state index >= 15 is 0 Å². The zero-order valence-corrected chi connectivity index (χ0v) is 20.1. The van der Waals surface area contributed by atoms with Crippen LogP contribution in [0.1, 0.15) is 62.9 Å². The summed E-state index contributed by atoms with van der Waals surface area (Å²) in [5.74, 6) is -3.91. The molecule has 36 heavy (non-hydrogen) atoms. The molecule has 12 heteroatoms. The average Bonchev–Trinajstić information content (AvgIpc) is 3.27. The lowest BCUT2D eigenvalue weighted by atomic mass is 10.1. The van der Waals surface area contributed by atoms with Crippen molar-refractivity contribution in [2.24, 2.45) is 0 Å². The number of anilines is 1. The number of aromatic nitrogens is 5. The fourth-order valence-corrected chi connectivity index (χ4v) is 4.47. The molecule has 0 bridgehead atoms. The quantitative estimate of drug-likeness (QED) is 0.229. The number of hydrogen-bond acceptors (Lipinski definition) is 10. The van der Waals surface area contributed by atoms with E-state index in [1.807, 2.05) is 0 Å². The van der Waals surface area contributed by atoms with E-state index in [-0.39, 0.29) is 47.3 Å². The van der Waals surface area contributed by atoms with E-state index in [0.717, 1.165) is 11.6 Å². The van der Waals surface area contributed by atoms with Gasteiger partial charge >= 0.3 is 0 Å². The summed E-state index contributed by atoms with van der Waals surface area (Å²) in [5.41, 5.74) is -3.83. The van der Waals surface area contributed by atoms with Gasteiger partial charge < -0.3 is 25.4 Å². The van der Waals surface area contributed by atoms with Crippen molar-refractivity contribution in [3.8, 4) is 0 Å². The summed E-state index contributed by atoms with van der Waals surface area (Å²) in [4.78, 5) is 8.53. The third-order valence-electron chi connectivity index (χ3n) is 5.88. The second kappa shape index (κ2) is 10.5. The van der Waals surface area contributed by atoms with Gasteiger partial charge in [-0.05, 0) is 36.8 Å². The summed E-state index contributed by atoms with van der Waals surface area (Å²) in [6.07, 6.45) is -8.70. The first kappa shape index (κ1) is 15.8. The van der Waals surface area contributed by atoms with Crippen molar-refractivity contribution >= 4 is 28.7 Å². The Morgan fingerprint density at radius 1 is 1.39 bits per heavy atom. The van der Waals surface area contributed by atoms with Gasteiger partial charge in [0.25, 0.3) is 0 Å². The molecule has 2 saturated carbocycles. The fourth-order valence-electron chi connectivity index (χ4n) is 4.01. The van der Waals surface area contributed by atoms with Crippen LogP contribution in [0.25, 0.3) is 11.2 Å². The molecular formula is C24H31FN6O4S. The molecule has 4 N–H and O–H groups in total. The lowest BCUT2D eigenvalue weighted by molar-refractivity contribution is -0.0629. The van der Waals surface area contributed by atoms with E-state index in [9.17, 15) is 14.6 Å². The zero-order valence-electron chi connectivity index (χ0n) is 29.3. The van der Waals surface area contributed by atoms with E-state index in [2.05, 4.69) is 25.6 Å². The van der Waals surface area contributed by atoms with Gasteiger partial charge in [0.05, 0.1) is 29.5 Å². The van der Waals surface area contributed by atoms with Crippen LogP contribution in [-0.4, -0.2) is 83.6 Å². The monoisotopic (exact) mass is 528 g/mol. The maximum Gasteiger partial charge on any atom is 0.191 e. The highest BCUT2D eigenvalue weighted by Gasteiger charge is 2.45. The molecule has 194 valence electrons. The Morgan fingerprint density at radius 2 is 2.22 bits per heavy atom. The number of fused-ring (bicyclic) bond motifs is 1. The summed E-state index contributed by atoms with van der Waals surface area (Å²) < 4.78 is 104. The summed E-state index contributed by atoms with van der Waals surface area (Å²) in [5, 5.41) is 40.9. The SMILES string of the molecule is [2H]c1c([2H])c([C@@]2([2H])[C@H](Nc3nc(SC([2H])([2H])C([2H])([2H])C)nc4c3nnn4[C@@H]3C[C@H](OCCO)[C@@H](O)[C@H]3O)C2([2H])[2H])c([2H])c(F)c1C. The largest absolute Gasteiger partial charge is 0.394 e. The minimum Gasteiger partial charge on any atom is -0.394 e. The molecule has 3 aromatic rings. The van der Waals surface area contributed by atoms with Crippen molar-refractivity contribution in [3.05, 3.63) is 35.1 Å². The lowest BCUT2D eigenvalue weighted by Crippen LogP contribution is -2.33. The molecule has 0 spiro atoms. The smallest absolute Gasteiger partial charge is 0.191 e. The van der Waals surface area contributed by atoms with Gasteiger partial charge in [-0.1, -0.05) is 36.0 Å². The Balaban J connectivity index is 1.61. The molecule has 1 aromatic carbocycles. The van der Waals surface area contributed by atoms with Crippen LogP contribution in [0.3, 0.4) is 0 Å². The molecule has 0 radical (unpaired) electrons. The first-order valence-corrected chi connectivity index (χ1v) is 12.0. The summed E-state index contributed by atoms with van der Waals surface area (Å²) in [6, 6.07) is -4.78. The maximum absolute atomic E-state index is 14.8. The van der Waals surface area contributed by atoms with Crippen LogP contribution in [0.5, 0.6) is 0 Å². The van der Waals surface area contributed by atoms with E-state index < -0.39 is 84.2 Å². The van der Waals surface area contributed by atoms with Crippen molar-refractivity contribution in [1.29, 1.82) is 0 Å². The molecule has 2 aromatic heterocycles.